The first kappa shape index (κ1) is 19.3. The number of hydrogen-bond donors (Lipinski definition) is 1. The van der Waals surface area contributed by atoms with E-state index < -0.39 is 5.60 Å². The van der Waals surface area contributed by atoms with E-state index in [1.54, 1.807) is 14.0 Å². The molecule has 0 spiro atoms. The number of nitrogens with zero attached hydrogens (tertiary/aromatic N) is 1. The van der Waals surface area contributed by atoms with E-state index in [2.05, 4.69) is 5.16 Å². The van der Waals surface area contributed by atoms with E-state index in [9.17, 15) is 4.39 Å². The molecular formula is C21H24FNO4. The lowest BCUT2D eigenvalue weighted by Crippen LogP contribution is -2.35. The number of halogens is 1. The third-order valence-corrected chi connectivity index (χ3v) is 5.02. The second kappa shape index (κ2) is 8.50. The van der Waals surface area contributed by atoms with Gasteiger partial charge in [0.25, 0.3) is 0 Å². The summed E-state index contributed by atoms with van der Waals surface area (Å²) in [6, 6.07) is 12.2. The Morgan fingerprint density at radius 2 is 1.89 bits per heavy atom. The Morgan fingerprint density at radius 3 is 2.52 bits per heavy atom. The van der Waals surface area contributed by atoms with Gasteiger partial charge in [-0.15, -0.1) is 0 Å². The maximum absolute atomic E-state index is 14.2. The number of hydrogen-bond acceptors (Lipinski definition) is 5. The minimum absolute atomic E-state index is 0.307. The third-order valence-electron chi connectivity index (χ3n) is 5.02. The van der Waals surface area contributed by atoms with Crippen molar-refractivity contribution in [3.05, 3.63) is 65.0 Å². The summed E-state index contributed by atoms with van der Waals surface area (Å²) in [5.41, 5.74) is 2.53. The molecule has 0 bridgehead atoms. The monoisotopic (exact) mass is 373 g/mol. The van der Waals surface area contributed by atoms with Gasteiger partial charge < -0.3 is 19.4 Å². The van der Waals surface area contributed by atoms with Gasteiger partial charge in [-0.2, -0.15) is 0 Å². The minimum Gasteiger partial charge on any atom is -0.489 e. The molecule has 1 N–H and O–H groups in total. The summed E-state index contributed by atoms with van der Waals surface area (Å²) in [7, 11) is 1.65. The van der Waals surface area contributed by atoms with Crippen molar-refractivity contribution in [1.82, 2.24) is 0 Å². The van der Waals surface area contributed by atoms with Gasteiger partial charge >= 0.3 is 0 Å². The Hall–Kier alpha value is -2.44. The van der Waals surface area contributed by atoms with Crippen LogP contribution in [0.5, 0.6) is 5.75 Å². The van der Waals surface area contributed by atoms with Crippen LogP contribution in [-0.4, -0.2) is 31.2 Å². The second-order valence-electron chi connectivity index (χ2n) is 6.66. The summed E-state index contributed by atoms with van der Waals surface area (Å²) >= 11 is 0. The first-order chi connectivity index (χ1) is 13.1. The fraction of sp³-hybridized carbons (Fsp3) is 0.381. The molecule has 0 unspecified atom stereocenters. The molecule has 27 heavy (non-hydrogen) atoms. The van der Waals surface area contributed by atoms with Gasteiger partial charge in [-0.25, -0.2) is 4.39 Å². The van der Waals surface area contributed by atoms with Gasteiger partial charge in [0.05, 0.1) is 11.3 Å². The largest absolute Gasteiger partial charge is 0.489 e. The van der Waals surface area contributed by atoms with Gasteiger partial charge in [-0.3, -0.25) is 0 Å². The first-order valence-corrected chi connectivity index (χ1v) is 8.91. The van der Waals surface area contributed by atoms with E-state index in [0.29, 0.717) is 44.1 Å². The molecule has 3 rings (SSSR count). The van der Waals surface area contributed by atoms with Gasteiger partial charge in [-0.05, 0) is 35.7 Å². The Morgan fingerprint density at radius 1 is 1.19 bits per heavy atom. The molecule has 1 fully saturated rings. The Balaban J connectivity index is 1.75. The van der Waals surface area contributed by atoms with Gasteiger partial charge in [0.15, 0.2) is 0 Å². The molecule has 5 nitrogen and oxygen atoms in total. The molecule has 2 aromatic carbocycles. The summed E-state index contributed by atoms with van der Waals surface area (Å²) in [5.74, 6) is 0.112. The van der Waals surface area contributed by atoms with Crippen LogP contribution in [-0.2, 0) is 21.7 Å². The molecule has 6 heteroatoms. The normalized spacial score (nSPS) is 16.9. The van der Waals surface area contributed by atoms with Crippen molar-refractivity contribution in [1.29, 1.82) is 0 Å². The Labute approximate surface area is 158 Å². The molecule has 144 valence electrons. The summed E-state index contributed by atoms with van der Waals surface area (Å²) < 4.78 is 31.2. The number of oxime groups is 1. The van der Waals surface area contributed by atoms with Crippen LogP contribution in [0.2, 0.25) is 0 Å². The van der Waals surface area contributed by atoms with E-state index in [-0.39, 0.29) is 5.82 Å². The zero-order valence-corrected chi connectivity index (χ0v) is 15.6. The number of benzene rings is 2. The van der Waals surface area contributed by atoms with E-state index in [4.69, 9.17) is 19.4 Å². The molecule has 0 aromatic heterocycles. The highest BCUT2D eigenvalue weighted by molar-refractivity contribution is 5.98. The molecule has 0 aliphatic carbocycles. The number of ether oxygens (including phenoxy) is 3. The first-order valence-electron chi connectivity index (χ1n) is 8.91. The van der Waals surface area contributed by atoms with E-state index in [0.717, 1.165) is 16.7 Å². The highest BCUT2D eigenvalue weighted by Crippen LogP contribution is 2.37. The van der Waals surface area contributed by atoms with Crippen molar-refractivity contribution in [3.63, 3.8) is 0 Å². The van der Waals surface area contributed by atoms with Crippen molar-refractivity contribution < 1.29 is 23.8 Å². The predicted octanol–water partition coefficient (Wildman–Crippen LogP) is 4.26. The molecule has 0 radical (unpaired) electrons. The SMILES string of the molecule is COC1(c2cc(F)cc(OCc3ccc(/C(C)=N/O)cc3)c2)CCOCC1. The average molecular weight is 373 g/mol. The number of methoxy groups -OCH3 is 1. The van der Waals surface area contributed by atoms with Crippen LogP contribution in [0.4, 0.5) is 4.39 Å². The lowest BCUT2D eigenvalue weighted by Gasteiger charge is -2.36. The molecule has 1 saturated heterocycles. The zero-order chi connectivity index (χ0) is 19.3. The number of rotatable bonds is 6. The van der Waals surface area contributed by atoms with Crippen LogP contribution in [0.15, 0.2) is 47.6 Å². The highest BCUT2D eigenvalue weighted by atomic mass is 19.1. The second-order valence-corrected chi connectivity index (χ2v) is 6.66. The van der Waals surface area contributed by atoms with Crippen molar-refractivity contribution in [2.45, 2.75) is 32.0 Å². The Bertz CT molecular complexity index is 798. The fourth-order valence-corrected chi connectivity index (χ4v) is 3.29. The quantitative estimate of drug-likeness (QED) is 0.467. The minimum atomic E-state index is -0.540. The topological polar surface area (TPSA) is 60.3 Å². The molecule has 0 saturated carbocycles. The van der Waals surface area contributed by atoms with Gasteiger partial charge in [0, 0.05) is 39.2 Å². The summed E-state index contributed by atoms with van der Waals surface area (Å²) in [4.78, 5) is 0. The maximum Gasteiger partial charge on any atom is 0.127 e. The molecule has 2 aromatic rings. The average Bonchev–Trinajstić information content (AvgIpc) is 2.72. The third kappa shape index (κ3) is 4.46. The molecule has 1 aliphatic rings. The maximum atomic E-state index is 14.2. The zero-order valence-electron chi connectivity index (χ0n) is 15.6. The van der Waals surface area contributed by atoms with Crippen LogP contribution in [0, 0.1) is 5.82 Å². The predicted molar refractivity (Wildman–Crippen MR) is 99.9 cm³/mol. The molecule has 1 aliphatic heterocycles. The molecule has 1 heterocycles. The summed E-state index contributed by atoms with van der Waals surface area (Å²) in [6.07, 6.45) is 1.36. The standard InChI is InChI=1S/C21H24FNO4/c1-15(23-24)17-5-3-16(4-6-17)14-27-20-12-18(11-19(22)13-20)21(25-2)7-9-26-10-8-21/h3-6,11-13,24H,7-10,14H2,1-2H3/b23-15+. The van der Waals surface area contributed by atoms with E-state index in [1.807, 2.05) is 30.3 Å². The van der Waals surface area contributed by atoms with Crippen molar-refractivity contribution in [2.24, 2.45) is 5.16 Å². The van der Waals surface area contributed by atoms with Crippen LogP contribution in [0.3, 0.4) is 0 Å². The lowest BCUT2D eigenvalue weighted by molar-refractivity contribution is -0.0950. The lowest BCUT2D eigenvalue weighted by atomic mass is 9.86. The summed E-state index contributed by atoms with van der Waals surface area (Å²) in [6.45, 7) is 3.20. The Kier molecular flexibility index (Phi) is 6.08. The van der Waals surface area contributed by atoms with Gasteiger partial charge in [0.2, 0.25) is 0 Å². The van der Waals surface area contributed by atoms with Crippen molar-refractivity contribution >= 4 is 5.71 Å². The van der Waals surface area contributed by atoms with Crippen LogP contribution < -0.4 is 4.74 Å². The van der Waals surface area contributed by atoms with Crippen molar-refractivity contribution in [3.8, 4) is 5.75 Å². The summed E-state index contributed by atoms with van der Waals surface area (Å²) in [5, 5.41) is 12.0. The van der Waals surface area contributed by atoms with Crippen LogP contribution >= 0.6 is 0 Å². The fourth-order valence-electron chi connectivity index (χ4n) is 3.29. The van der Waals surface area contributed by atoms with Crippen molar-refractivity contribution in [2.75, 3.05) is 20.3 Å². The van der Waals surface area contributed by atoms with Gasteiger partial charge in [-0.1, -0.05) is 29.4 Å². The molecule has 0 atom stereocenters. The molecule has 0 amide bonds. The van der Waals surface area contributed by atoms with Crippen LogP contribution in [0.1, 0.15) is 36.5 Å². The highest BCUT2D eigenvalue weighted by Gasteiger charge is 2.35. The van der Waals surface area contributed by atoms with Gasteiger partial charge in [0.1, 0.15) is 18.2 Å². The van der Waals surface area contributed by atoms with E-state index in [1.165, 1.54) is 12.1 Å². The molecular weight excluding hydrogens is 349 g/mol. The van der Waals surface area contributed by atoms with E-state index >= 15 is 0 Å². The van der Waals surface area contributed by atoms with Crippen LogP contribution in [0.25, 0.3) is 0 Å². The smallest absolute Gasteiger partial charge is 0.127 e.